The van der Waals surface area contributed by atoms with Crippen molar-refractivity contribution in [2.75, 3.05) is 33.4 Å². The topological polar surface area (TPSA) is 171 Å². The van der Waals surface area contributed by atoms with E-state index in [0.717, 1.165) is 0 Å². The van der Waals surface area contributed by atoms with E-state index >= 15 is 0 Å². The summed E-state index contributed by atoms with van der Waals surface area (Å²) in [4.78, 5) is 21.7. The van der Waals surface area contributed by atoms with E-state index in [1.807, 2.05) is 0 Å². The Balaban J connectivity index is 0. The second-order valence-electron chi connectivity index (χ2n) is 4.43. The van der Waals surface area contributed by atoms with Crippen LogP contribution in [0.1, 0.15) is 19.3 Å². The molecule has 0 fully saturated rings. The highest BCUT2D eigenvalue weighted by atomic mass is 16.3. The van der Waals surface area contributed by atoms with Crippen LogP contribution in [0.2, 0.25) is 0 Å². The zero-order valence-electron chi connectivity index (χ0n) is 12.4. The highest BCUT2D eigenvalue weighted by Gasteiger charge is 2.29. The van der Waals surface area contributed by atoms with E-state index in [2.05, 4.69) is 16.4 Å². The summed E-state index contributed by atoms with van der Waals surface area (Å²) in [6.07, 6.45) is 2.59. The number of carbonyl (C=O) groups is 2. The van der Waals surface area contributed by atoms with Crippen LogP contribution < -0.4 is 22.1 Å². The van der Waals surface area contributed by atoms with Crippen molar-refractivity contribution >= 4 is 12.3 Å². The predicted molar refractivity (Wildman–Crippen MR) is 78.5 cm³/mol. The minimum Gasteiger partial charge on any atom is -0.394 e. The lowest BCUT2D eigenvalue weighted by Crippen LogP contribution is -2.59. The average molecular weight is 308 g/mol. The second-order valence-corrected chi connectivity index (χ2v) is 4.43. The lowest BCUT2D eigenvalue weighted by atomic mass is 10.0. The highest BCUT2D eigenvalue weighted by molar-refractivity contribution is 5.74. The maximum Gasteiger partial charge on any atom is 0.315 e. The summed E-state index contributed by atoms with van der Waals surface area (Å²) >= 11 is 0. The molecule has 0 aromatic rings. The van der Waals surface area contributed by atoms with Gasteiger partial charge in [0.1, 0.15) is 11.8 Å². The van der Waals surface area contributed by atoms with Gasteiger partial charge in [0.25, 0.3) is 0 Å². The van der Waals surface area contributed by atoms with Crippen LogP contribution in [-0.4, -0.2) is 72.6 Å². The van der Waals surface area contributed by atoms with Crippen molar-refractivity contribution in [1.29, 1.82) is 0 Å². The number of aldehydes is 1. The zero-order chi connectivity index (χ0) is 16.7. The summed E-state index contributed by atoms with van der Waals surface area (Å²) in [7, 11) is 1.50. The maximum atomic E-state index is 11.5. The van der Waals surface area contributed by atoms with Crippen LogP contribution in [0.5, 0.6) is 0 Å². The molecule has 2 amide bonds. The van der Waals surface area contributed by atoms with Gasteiger partial charge < -0.3 is 42.2 Å². The fourth-order valence-electron chi connectivity index (χ4n) is 1.33. The molecule has 0 saturated carbocycles. The van der Waals surface area contributed by atoms with Crippen molar-refractivity contribution in [3.8, 4) is 0 Å². The molecule has 21 heavy (non-hydrogen) atoms. The molecule has 9 heteroatoms. The van der Waals surface area contributed by atoms with Crippen LogP contribution in [0.3, 0.4) is 0 Å². The standard InChI is InChI=1S/C11H23N3O5.CH5N/c12-9(5-15)3-1-2-4-13-10(19)14-11(6-16,7-17)8-18;1-2/h5,9,16-18H,1-4,6-8,12H2,(H2,13,14,19);2H2,1H3. The second kappa shape index (κ2) is 13.7. The van der Waals surface area contributed by atoms with Gasteiger partial charge in [0.15, 0.2) is 0 Å². The molecule has 0 rings (SSSR count). The van der Waals surface area contributed by atoms with E-state index in [1.54, 1.807) is 0 Å². The summed E-state index contributed by atoms with van der Waals surface area (Å²) in [6.45, 7) is -1.33. The van der Waals surface area contributed by atoms with Gasteiger partial charge in [-0.3, -0.25) is 0 Å². The van der Waals surface area contributed by atoms with Crippen molar-refractivity contribution < 1.29 is 24.9 Å². The number of hydrogen-bond donors (Lipinski definition) is 7. The lowest BCUT2D eigenvalue weighted by molar-refractivity contribution is -0.109. The normalized spacial score (nSPS) is 11.9. The molecule has 0 saturated heterocycles. The van der Waals surface area contributed by atoms with E-state index in [4.69, 9.17) is 21.1 Å². The molecular weight excluding hydrogens is 280 g/mol. The molecule has 126 valence electrons. The molecular formula is C12H28N4O5. The Labute approximate surface area is 124 Å². The monoisotopic (exact) mass is 308 g/mol. The fourth-order valence-corrected chi connectivity index (χ4v) is 1.33. The Kier molecular flexibility index (Phi) is 14.4. The number of hydrogen-bond acceptors (Lipinski definition) is 7. The van der Waals surface area contributed by atoms with Gasteiger partial charge in [0.2, 0.25) is 0 Å². The predicted octanol–water partition coefficient (Wildman–Crippen LogP) is -2.73. The molecule has 0 bridgehead atoms. The van der Waals surface area contributed by atoms with Crippen LogP contribution in [0.25, 0.3) is 0 Å². The molecule has 0 spiro atoms. The molecule has 0 aliphatic carbocycles. The number of amides is 2. The molecule has 0 aliphatic rings. The molecule has 0 aromatic heterocycles. The molecule has 1 atom stereocenters. The quantitative estimate of drug-likeness (QED) is 0.169. The number of rotatable bonds is 10. The first-order valence-corrected chi connectivity index (χ1v) is 6.70. The van der Waals surface area contributed by atoms with Gasteiger partial charge in [-0.2, -0.15) is 0 Å². The zero-order valence-corrected chi connectivity index (χ0v) is 12.4. The number of nitrogens with two attached hydrogens (primary N) is 2. The largest absolute Gasteiger partial charge is 0.394 e. The minimum atomic E-state index is -1.43. The number of carbonyl (C=O) groups excluding carboxylic acids is 2. The van der Waals surface area contributed by atoms with E-state index in [9.17, 15) is 9.59 Å². The van der Waals surface area contributed by atoms with Gasteiger partial charge in [0.05, 0.1) is 25.9 Å². The highest BCUT2D eigenvalue weighted by Crippen LogP contribution is 2.01. The first-order chi connectivity index (χ1) is 10.0. The molecule has 9 N–H and O–H groups in total. The van der Waals surface area contributed by atoms with Crippen molar-refractivity contribution in [3.63, 3.8) is 0 Å². The number of urea groups is 1. The van der Waals surface area contributed by atoms with Crippen LogP contribution >= 0.6 is 0 Å². The van der Waals surface area contributed by atoms with E-state index < -0.39 is 37.4 Å². The number of unbranched alkanes of at least 4 members (excludes halogenated alkanes) is 1. The third-order valence-corrected chi connectivity index (χ3v) is 2.71. The van der Waals surface area contributed by atoms with Crippen LogP contribution in [-0.2, 0) is 4.79 Å². The summed E-state index contributed by atoms with van der Waals surface area (Å²) < 4.78 is 0. The van der Waals surface area contributed by atoms with Crippen molar-refractivity contribution in [3.05, 3.63) is 0 Å². The average Bonchev–Trinajstić information content (AvgIpc) is 2.54. The number of aliphatic hydroxyl groups is 3. The van der Waals surface area contributed by atoms with E-state index in [0.29, 0.717) is 32.1 Å². The van der Waals surface area contributed by atoms with Gasteiger partial charge in [-0.25, -0.2) is 4.79 Å². The van der Waals surface area contributed by atoms with Crippen molar-refractivity contribution in [2.45, 2.75) is 30.8 Å². The molecule has 1 unspecified atom stereocenters. The Bertz CT molecular complexity index is 266. The third-order valence-electron chi connectivity index (χ3n) is 2.71. The Morgan fingerprint density at radius 2 is 1.71 bits per heavy atom. The smallest absolute Gasteiger partial charge is 0.315 e. The minimum absolute atomic E-state index is 0.371. The van der Waals surface area contributed by atoms with Crippen molar-refractivity contribution in [1.82, 2.24) is 10.6 Å². The Morgan fingerprint density at radius 1 is 1.19 bits per heavy atom. The van der Waals surface area contributed by atoms with Crippen LogP contribution in [0.15, 0.2) is 0 Å². The third kappa shape index (κ3) is 10.2. The summed E-state index contributed by atoms with van der Waals surface area (Å²) in [5.74, 6) is 0. The van der Waals surface area contributed by atoms with Crippen LogP contribution in [0, 0.1) is 0 Å². The molecule has 0 aliphatic heterocycles. The van der Waals surface area contributed by atoms with E-state index in [1.165, 1.54) is 7.05 Å². The maximum absolute atomic E-state index is 11.5. The fraction of sp³-hybridized carbons (Fsp3) is 0.833. The summed E-state index contributed by atoms with van der Waals surface area (Å²) in [5, 5.41) is 31.9. The Morgan fingerprint density at radius 3 is 2.14 bits per heavy atom. The van der Waals surface area contributed by atoms with Gasteiger partial charge >= 0.3 is 6.03 Å². The molecule has 9 nitrogen and oxygen atoms in total. The first-order valence-electron chi connectivity index (χ1n) is 6.70. The summed E-state index contributed by atoms with van der Waals surface area (Å²) in [6, 6.07) is -1.06. The first kappa shape index (κ1) is 22.0. The molecule has 0 aromatic carbocycles. The SMILES string of the molecule is CN.NC(C=O)CCCCNC(=O)NC(CO)(CO)CO. The van der Waals surface area contributed by atoms with Gasteiger partial charge in [0, 0.05) is 6.54 Å². The number of nitrogens with one attached hydrogen (secondary N) is 2. The Hall–Kier alpha value is -1.26. The van der Waals surface area contributed by atoms with Gasteiger partial charge in [-0.05, 0) is 26.3 Å². The van der Waals surface area contributed by atoms with Gasteiger partial charge in [-0.1, -0.05) is 0 Å². The van der Waals surface area contributed by atoms with Crippen LogP contribution in [0.4, 0.5) is 4.79 Å². The van der Waals surface area contributed by atoms with E-state index in [-0.39, 0.29) is 0 Å². The van der Waals surface area contributed by atoms with Gasteiger partial charge in [-0.15, -0.1) is 0 Å². The van der Waals surface area contributed by atoms with Crippen molar-refractivity contribution in [2.24, 2.45) is 11.5 Å². The lowest BCUT2D eigenvalue weighted by Gasteiger charge is -2.28. The molecule has 0 heterocycles. The number of aliphatic hydroxyl groups excluding tert-OH is 3. The summed E-state index contributed by atoms with van der Waals surface area (Å²) in [5.41, 5.74) is 8.47. The molecule has 0 radical (unpaired) electrons.